The molecule has 9 heteroatoms. The van der Waals surface area contributed by atoms with E-state index >= 15 is 0 Å². The molecule has 1 aromatic heterocycles. The summed E-state index contributed by atoms with van der Waals surface area (Å²) in [5.74, 6) is -0.715. The summed E-state index contributed by atoms with van der Waals surface area (Å²) in [4.78, 5) is 38.2. The molecule has 3 amide bonds. The van der Waals surface area contributed by atoms with E-state index in [2.05, 4.69) is 15.5 Å². The molecule has 1 aliphatic heterocycles. The maximum Gasteiger partial charge on any atom is 0.289 e. The number of thioether (sulfide) groups is 1. The van der Waals surface area contributed by atoms with Gasteiger partial charge in [0.15, 0.2) is 0 Å². The summed E-state index contributed by atoms with van der Waals surface area (Å²) in [6.07, 6.45) is 3.23. The summed E-state index contributed by atoms with van der Waals surface area (Å²) in [6, 6.07) is 6.84. The van der Waals surface area contributed by atoms with E-state index in [9.17, 15) is 18.8 Å². The van der Waals surface area contributed by atoms with Gasteiger partial charge in [0.25, 0.3) is 11.1 Å². The van der Waals surface area contributed by atoms with Gasteiger partial charge < -0.3 is 5.32 Å². The third kappa shape index (κ3) is 3.66. The van der Waals surface area contributed by atoms with Crippen LogP contribution in [0.3, 0.4) is 0 Å². The van der Waals surface area contributed by atoms with Crippen LogP contribution in [0, 0.1) is 5.82 Å². The summed E-state index contributed by atoms with van der Waals surface area (Å²) in [5, 5.41) is 9.54. The van der Waals surface area contributed by atoms with Crippen LogP contribution in [-0.2, 0) is 4.79 Å². The molecule has 2 N–H and O–H groups in total. The maximum absolute atomic E-state index is 13.1. The molecule has 2 heterocycles. The number of H-pyrrole nitrogens is 1. The number of halogens is 1. The van der Waals surface area contributed by atoms with Crippen molar-refractivity contribution < 1.29 is 18.8 Å². The average molecular weight is 402 g/mol. The van der Waals surface area contributed by atoms with E-state index in [-0.39, 0.29) is 46.4 Å². The monoisotopic (exact) mass is 402 g/mol. The normalized spacial score (nSPS) is 22.5. The molecule has 1 saturated heterocycles. The minimum atomic E-state index is -0.343. The van der Waals surface area contributed by atoms with Gasteiger partial charge in [-0.25, -0.2) is 4.39 Å². The van der Waals surface area contributed by atoms with E-state index in [1.807, 2.05) is 0 Å². The molecular formula is C19H19FN4O3S. The zero-order chi connectivity index (χ0) is 19.7. The Bertz CT molecular complexity index is 898. The molecule has 2 atom stereocenters. The van der Waals surface area contributed by atoms with E-state index in [4.69, 9.17) is 0 Å². The number of nitrogens with one attached hydrogen (secondary N) is 2. The lowest BCUT2D eigenvalue weighted by Crippen LogP contribution is -2.54. The van der Waals surface area contributed by atoms with Crippen LogP contribution in [0.5, 0.6) is 0 Å². The third-order valence-corrected chi connectivity index (χ3v) is 5.96. The fraction of sp³-hybridized carbons (Fsp3) is 0.368. The van der Waals surface area contributed by atoms with Crippen molar-refractivity contribution in [2.45, 2.75) is 37.8 Å². The van der Waals surface area contributed by atoms with Crippen molar-refractivity contribution >= 4 is 28.8 Å². The summed E-state index contributed by atoms with van der Waals surface area (Å²) in [6.45, 7) is 0. The fourth-order valence-corrected chi connectivity index (χ4v) is 4.49. The second-order valence-electron chi connectivity index (χ2n) is 6.92. The van der Waals surface area contributed by atoms with E-state index < -0.39 is 0 Å². The number of aromatic nitrogens is 2. The molecule has 28 heavy (non-hydrogen) atoms. The molecule has 7 nitrogen and oxygen atoms in total. The number of carbonyl (C=O) groups is 3. The molecule has 1 saturated carbocycles. The van der Waals surface area contributed by atoms with Crippen LogP contribution in [0.1, 0.15) is 36.2 Å². The average Bonchev–Trinajstić information content (AvgIpc) is 3.30. The van der Waals surface area contributed by atoms with Gasteiger partial charge in [0.1, 0.15) is 11.5 Å². The highest BCUT2D eigenvalue weighted by Crippen LogP contribution is 2.30. The van der Waals surface area contributed by atoms with Gasteiger partial charge in [-0.1, -0.05) is 24.6 Å². The molecule has 0 radical (unpaired) electrons. The lowest BCUT2D eigenvalue weighted by molar-refractivity contribution is -0.127. The van der Waals surface area contributed by atoms with Crippen LogP contribution in [0.15, 0.2) is 30.3 Å². The molecule has 0 bridgehead atoms. The Balaban J connectivity index is 1.48. The van der Waals surface area contributed by atoms with Gasteiger partial charge in [0.05, 0.1) is 23.5 Å². The van der Waals surface area contributed by atoms with E-state index in [0.717, 1.165) is 24.6 Å². The van der Waals surface area contributed by atoms with Gasteiger partial charge in [0.2, 0.25) is 5.91 Å². The van der Waals surface area contributed by atoms with E-state index in [1.54, 1.807) is 18.2 Å². The Kier molecular flexibility index (Phi) is 5.17. The lowest BCUT2D eigenvalue weighted by Gasteiger charge is -2.36. The number of imide groups is 1. The first kappa shape index (κ1) is 18.7. The Morgan fingerprint density at radius 2 is 1.96 bits per heavy atom. The zero-order valence-electron chi connectivity index (χ0n) is 15.0. The topological polar surface area (TPSA) is 95.2 Å². The summed E-state index contributed by atoms with van der Waals surface area (Å²) >= 11 is 1.01. The summed E-state index contributed by atoms with van der Waals surface area (Å²) in [7, 11) is 0. The van der Waals surface area contributed by atoms with Crippen LogP contribution in [0.25, 0.3) is 11.3 Å². The van der Waals surface area contributed by atoms with Crippen molar-refractivity contribution in [3.8, 4) is 11.3 Å². The number of nitrogens with zero attached hydrogens (tertiary/aromatic N) is 2. The van der Waals surface area contributed by atoms with Crippen molar-refractivity contribution in [2.75, 3.05) is 5.75 Å². The number of rotatable bonds is 4. The van der Waals surface area contributed by atoms with Gasteiger partial charge in [0, 0.05) is 5.56 Å². The molecule has 0 unspecified atom stereocenters. The van der Waals surface area contributed by atoms with Crippen molar-refractivity contribution in [2.24, 2.45) is 0 Å². The predicted molar refractivity (Wildman–Crippen MR) is 102 cm³/mol. The van der Waals surface area contributed by atoms with Gasteiger partial charge in [-0.15, -0.1) is 0 Å². The van der Waals surface area contributed by atoms with Gasteiger partial charge in [-0.05, 0) is 43.2 Å². The number of hydrogen-bond donors (Lipinski definition) is 2. The van der Waals surface area contributed by atoms with Gasteiger partial charge in [-0.2, -0.15) is 5.10 Å². The second kappa shape index (κ2) is 7.75. The Hall–Kier alpha value is -2.68. The van der Waals surface area contributed by atoms with E-state index in [0.29, 0.717) is 24.1 Å². The number of aromatic amines is 1. The Labute approximate surface area is 165 Å². The number of carbonyl (C=O) groups excluding carboxylic acids is 3. The third-order valence-electron chi connectivity index (χ3n) is 5.12. The first-order valence-electron chi connectivity index (χ1n) is 9.14. The van der Waals surface area contributed by atoms with E-state index in [1.165, 1.54) is 17.0 Å². The molecule has 2 aromatic rings. The SMILES string of the molecule is O=C(N[C@@H]1CCCC[C@@H]1N1C(=O)CSC1=O)c1cc(-c2ccc(F)cc2)n[nH]1. The molecular weight excluding hydrogens is 383 g/mol. The summed E-state index contributed by atoms with van der Waals surface area (Å²) in [5.41, 5.74) is 1.50. The maximum atomic E-state index is 13.1. The molecule has 1 aromatic carbocycles. The van der Waals surface area contributed by atoms with Crippen LogP contribution in [0.2, 0.25) is 0 Å². The zero-order valence-corrected chi connectivity index (χ0v) is 15.8. The van der Waals surface area contributed by atoms with Crippen molar-refractivity contribution in [3.05, 3.63) is 41.8 Å². The molecule has 2 aliphatic rings. The molecule has 1 aliphatic carbocycles. The Morgan fingerprint density at radius 3 is 2.68 bits per heavy atom. The summed E-state index contributed by atoms with van der Waals surface area (Å²) < 4.78 is 13.1. The van der Waals surface area contributed by atoms with Crippen LogP contribution in [-0.4, -0.2) is 50.0 Å². The smallest absolute Gasteiger partial charge is 0.289 e. The van der Waals surface area contributed by atoms with Crippen LogP contribution < -0.4 is 5.32 Å². The standard InChI is InChI=1S/C19H19FN4O3S/c20-12-7-5-11(6-8-12)14-9-15(23-22-14)18(26)21-13-3-1-2-4-16(13)24-17(25)10-28-19(24)27/h5-9,13,16H,1-4,10H2,(H,21,26)(H,22,23)/t13-,16+/m1/s1. The van der Waals surface area contributed by atoms with Crippen molar-refractivity contribution in [1.82, 2.24) is 20.4 Å². The first-order valence-corrected chi connectivity index (χ1v) is 10.1. The minimum absolute atomic E-state index is 0.164. The van der Waals surface area contributed by atoms with Gasteiger partial charge in [-0.3, -0.25) is 24.4 Å². The largest absolute Gasteiger partial charge is 0.346 e. The molecule has 4 rings (SSSR count). The number of benzene rings is 1. The Morgan fingerprint density at radius 1 is 1.21 bits per heavy atom. The van der Waals surface area contributed by atoms with Crippen LogP contribution in [0.4, 0.5) is 9.18 Å². The number of hydrogen-bond acceptors (Lipinski definition) is 5. The highest BCUT2D eigenvalue weighted by atomic mass is 32.2. The molecule has 2 fully saturated rings. The highest BCUT2D eigenvalue weighted by Gasteiger charge is 2.41. The molecule has 146 valence electrons. The van der Waals surface area contributed by atoms with Crippen molar-refractivity contribution in [1.29, 1.82) is 0 Å². The van der Waals surface area contributed by atoms with Gasteiger partial charge >= 0.3 is 0 Å². The first-order chi connectivity index (χ1) is 13.5. The highest BCUT2D eigenvalue weighted by molar-refractivity contribution is 8.14. The minimum Gasteiger partial charge on any atom is -0.346 e. The predicted octanol–water partition coefficient (Wildman–Crippen LogP) is 2.95. The second-order valence-corrected chi connectivity index (χ2v) is 7.85. The number of amides is 3. The quantitative estimate of drug-likeness (QED) is 0.820. The lowest BCUT2D eigenvalue weighted by atomic mass is 9.89. The fourth-order valence-electron chi connectivity index (χ4n) is 3.73. The van der Waals surface area contributed by atoms with Crippen LogP contribution >= 0.6 is 11.8 Å². The molecule has 0 spiro atoms. The van der Waals surface area contributed by atoms with Crippen molar-refractivity contribution in [3.63, 3.8) is 0 Å².